The Morgan fingerprint density at radius 1 is 0.938 bits per heavy atom. The molecule has 0 aliphatic carbocycles. The molecule has 0 aliphatic heterocycles. The fourth-order valence-corrected chi connectivity index (χ4v) is 1.71. The highest BCUT2D eigenvalue weighted by molar-refractivity contribution is 5.39. The maximum absolute atomic E-state index is 11.7. The van der Waals surface area contributed by atoms with Crippen LogP contribution in [0.1, 0.15) is 16.7 Å². The third kappa shape index (κ3) is 2.41. The van der Waals surface area contributed by atoms with Crippen LogP contribution >= 0.6 is 0 Å². The van der Waals surface area contributed by atoms with E-state index in [4.69, 9.17) is 5.73 Å². The van der Waals surface area contributed by atoms with Crippen LogP contribution in [0.3, 0.4) is 0 Å². The molecule has 0 amide bonds. The summed E-state index contributed by atoms with van der Waals surface area (Å²) in [7, 11) is 0. The summed E-state index contributed by atoms with van der Waals surface area (Å²) >= 11 is 0. The third-order valence-corrected chi connectivity index (χ3v) is 2.60. The minimum absolute atomic E-state index is 0.0843. The lowest BCUT2D eigenvalue weighted by atomic mass is 10.0. The Labute approximate surface area is 95.4 Å². The Bertz CT molecular complexity index is 465. The lowest BCUT2D eigenvalue weighted by Crippen LogP contribution is -1.97. The molecule has 0 spiro atoms. The van der Waals surface area contributed by atoms with Gasteiger partial charge in [0.2, 0.25) is 0 Å². The summed E-state index contributed by atoms with van der Waals surface area (Å²) in [6.07, 6.45) is 0.674. The second-order valence-corrected chi connectivity index (χ2v) is 3.81. The minimum atomic E-state index is 0.0843. The van der Waals surface area contributed by atoms with Gasteiger partial charge in [-0.3, -0.25) is 5.11 Å². The van der Waals surface area contributed by atoms with Crippen molar-refractivity contribution in [2.45, 2.75) is 13.0 Å². The normalized spacial score (nSPS) is 10.3. The van der Waals surface area contributed by atoms with E-state index in [-0.39, 0.29) is 5.75 Å². The maximum Gasteiger partial charge on any atom is 0.182 e. The van der Waals surface area contributed by atoms with Gasteiger partial charge in [0.15, 0.2) is 5.75 Å². The second kappa shape index (κ2) is 4.81. The Balaban J connectivity index is 2.27. The third-order valence-electron chi connectivity index (χ3n) is 2.60. The minimum Gasteiger partial charge on any atom is -0.326 e. The average Bonchev–Trinajstić information content (AvgIpc) is 2.33. The van der Waals surface area contributed by atoms with Crippen molar-refractivity contribution >= 4 is 0 Å². The van der Waals surface area contributed by atoms with Gasteiger partial charge in [-0.1, -0.05) is 42.5 Å². The highest BCUT2D eigenvalue weighted by atomic mass is 16.3. The molecule has 0 heterocycles. The first-order chi connectivity index (χ1) is 7.79. The van der Waals surface area contributed by atoms with Gasteiger partial charge < -0.3 is 5.73 Å². The number of rotatable bonds is 3. The second-order valence-electron chi connectivity index (χ2n) is 3.81. The fraction of sp³-hybridized carbons (Fsp3) is 0.143. The molecule has 0 fully saturated rings. The summed E-state index contributed by atoms with van der Waals surface area (Å²) in [5.74, 6) is 0.0843. The van der Waals surface area contributed by atoms with E-state index in [0.717, 1.165) is 16.7 Å². The van der Waals surface area contributed by atoms with Gasteiger partial charge in [-0.15, -0.1) is 0 Å². The first-order valence-electron chi connectivity index (χ1n) is 5.32. The molecule has 2 aromatic carbocycles. The lowest BCUT2D eigenvalue weighted by Gasteiger charge is -2.05. The Morgan fingerprint density at radius 2 is 1.69 bits per heavy atom. The summed E-state index contributed by atoms with van der Waals surface area (Å²) < 4.78 is 0. The van der Waals surface area contributed by atoms with E-state index in [0.29, 0.717) is 13.0 Å². The SMILES string of the molecule is NCc1ccc([O])c(Cc2ccccc2)c1. The smallest absolute Gasteiger partial charge is 0.182 e. The summed E-state index contributed by atoms with van der Waals surface area (Å²) in [6, 6.07) is 15.3. The zero-order valence-corrected chi connectivity index (χ0v) is 9.02. The van der Waals surface area contributed by atoms with Gasteiger partial charge in [0.25, 0.3) is 0 Å². The number of benzene rings is 2. The first kappa shape index (κ1) is 10.7. The standard InChI is InChI=1S/C14H14NO/c15-10-12-6-7-14(16)13(9-12)8-11-4-2-1-3-5-11/h1-7,9H,8,10,15H2. The Kier molecular flexibility index (Phi) is 3.22. The summed E-state index contributed by atoms with van der Waals surface area (Å²) in [5, 5.41) is 11.7. The molecule has 0 aromatic heterocycles. The van der Waals surface area contributed by atoms with Gasteiger partial charge in [0.05, 0.1) is 0 Å². The molecule has 0 saturated heterocycles. The number of hydrogen-bond donors (Lipinski definition) is 1. The Morgan fingerprint density at radius 3 is 2.38 bits per heavy atom. The van der Waals surface area contributed by atoms with Crippen LogP contribution in [0.15, 0.2) is 48.5 Å². The monoisotopic (exact) mass is 212 g/mol. The first-order valence-corrected chi connectivity index (χ1v) is 5.32. The molecule has 2 nitrogen and oxygen atoms in total. The van der Waals surface area contributed by atoms with Crippen LogP contribution < -0.4 is 5.73 Å². The zero-order valence-electron chi connectivity index (χ0n) is 9.02. The predicted molar refractivity (Wildman–Crippen MR) is 63.7 cm³/mol. The number of hydrogen-bond acceptors (Lipinski definition) is 1. The Hall–Kier alpha value is -1.80. The van der Waals surface area contributed by atoms with E-state index in [2.05, 4.69) is 0 Å². The zero-order chi connectivity index (χ0) is 11.4. The largest absolute Gasteiger partial charge is 0.326 e. The molecule has 0 bridgehead atoms. The summed E-state index contributed by atoms with van der Waals surface area (Å²) in [6.45, 7) is 0.474. The van der Waals surface area contributed by atoms with Gasteiger partial charge in [0, 0.05) is 18.5 Å². The van der Waals surface area contributed by atoms with E-state index in [9.17, 15) is 5.11 Å². The fourth-order valence-electron chi connectivity index (χ4n) is 1.71. The molecule has 1 radical (unpaired) electrons. The predicted octanol–water partition coefficient (Wildman–Crippen LogP) is 2.88. The lowest BCUT2D eigenvalue weighted by molar-refractivity contribution is 0.350. The van der Waals surface area contributed by atoms with E-state index < -0.39 is 0 Å². The molecule has 2 rings (SSSR count). The van der Waals surface area contributed by atoms with Crippen molar-refractivity contribution < 1.29 is 5.11 Å². The molecule has 2 N–H and O–H groups in total. The molecule has 0 atom stereocenters. The van der Waals surface area contributed by atoms with Gasteiger partial charge in [-0.05, 0) is 17.2 Å². The van der Waals surface area contributed by atoms with E-state index in [1.165, 1.54) is 0 Å². The van der Waals surface area contributed by atoms with Crippen LogP contribution in [0.2, 0.25) is 0 Å². The van der Waals surface area contributed by atoms with Crippen molar-refractivity contribution in [3.63, 3.8) is 0 Å². The van der Waals surface area contributed by atoms with Gasteiger partial charge in [0.1, 0.15) is 0 Å². The van der Waals surface area contributed by atoms with Crippen LogP contribution in [0.4, 0.5) is 0 Å². The van der Waals surface area contributed by atoms with E-state index >= 15 is 0 Å². The van der Waals surface area contributed by atoms with Crippen molar-refractivity contribution in [3.05, 3.63) is 65.2 Å². The van der Waals surface area contributed by atoms with E-state index in [1.54, 1.807) is 12.1 Å². The van der Waals surface area contributed by atoms with Crippen LogP contribution in [-0.4, -0.2) is 0 Å². The molecule has 2 heteroatoms. The molecule has 0 saturated carbocycles. The van der Waals surface area contributed by atoms with Crippen LogP contribution in [-0.2, 0) is 18.1 Å². The van der Waals surface area contributed by atoms with Crippen LogP contribution in [0.5, 0.6) is 5.75 Å². The summed E-state index contributed by atoms with van der Waals surface area (Å²) in [5.41, 5.74) is 8.53. The van der Waals surface area contributed by atoms with E-state index in [1.807, 2.05) is 36.4 Å². The molecular formula is C14H14NO. The molecule has 2 aromatic rings. The molecule has 81 valence electrons. The van der Waals surface area contributed by atoms with Crippen molar-refractivity contribution in [1.29, 1.82) is 0 Å². The highest BCUT2D eigenvalue weighted by Crippen LogP contribution is 2.22. The maximum atomic E-state index is 11.7. The quantitative estimate of drug-likeness (QED) is 0.835. The highest BCUT2D eigenvalue weighted by Gasteiger charge is 2.04. The van der Waals surface area contributed by atoms with Gasteiger partial charge in [-0.2, -0.15) is 0 Å². The van der Waals surface area contributed by atoms with Crippen LogP contribution in [0.25, 0.3) is 0 Å². The molecule has 16 heavy (non-hydrogen) atoms. The average molecular weight is 212 g/mol. The number of nitrogens with two attached hydrogens (primary N) is 1. The van der Waals surface area contributed by atoms with Crippen molar-refractivity contribution in [2.24, 2.45) is 5.73 Å². The molecule has 0 aliphatic rings. The topological polar surface area (TPSA) is 45.9 Å². The van der Waals surface area contributed by atoms with Crippen molar-refractivity contribution in [1.82, 2.24) is 0 Å². The van der Waals surface area contributed by atoms with Gasteiger partial charge in [-0.25, -0.2) is 0 Å². The van der Waals surface area contributed by atoms with Crippen LogP contribution in [0, 0.1) is 0 Å². The molecule has 0 unspecified atom stereocenters. The van der Waals surface area contributed by atoms with Crippen molar-refractivity contribution in [2.75, 3.05) is 0 Å². The van der Waals surface area contributed by atoms with Crippen molar-refractivity contribution in [3.8, 4) is 5.75 Å². The summed E-state index contributed by atoms with van der Waals surface area (Å²) in [4.78, 5) is 0. The molecular weight excluding hydrogens is 198 g/mol. The van der Waals surface area contributed by atoms with Gasteiger partial charge >= 0.3 is 0 Å².